The summed E-state index contributed by atoms with van der Waals surface area (Å²) in [4.78, 5) is 28.1. The molecule has 0 aliphatic carbocycles. The van der Waals surface area contributed by atoms with E-state index in [9.17, 15) is 9.59 Å². The van der Waals surface area contributed by atoms with Crippen LogP contribution in [0, 0.1) is 0 Å². The first-order chi connectivity index (χ1) is 9.72. The minimum atomic E-state index is -0.197. The fraction of sp³-hybridized carbons (Fsp3) is 0.357. The van der Waals surface area contributed by atoms with Crippen LogP contribution in [0.3, 0.4) is 0 Å². The van der Waals surface area contributed by atoms with Gasteiger partial charge in [-0.3, -0.25) is 14.2 Å². The molecule has 2 N–H and O–H groups in total. The number of hydrogen-bond donors (Lipinski definition) is 2. The van der Waals surface area contributed by atoms with Gasteiger partial charge in [-0.1, -0.05) is 19.1 Å². The molecular weight excluding hydrogens is 256 g/mol. The van der Waals surface area contributed by atoms with Gasteiger partial charge in [0.1, 0.15) is 6.54 Å². The molecule has 0 bridgehead atoms. The second kappa shape index (κ2) is 6.81. The molecule has 0 saturated carbocycles. The van der Waals surface area contributed by atoms with Crippen LogP contribution in [-0.2, 0) is 11.3 Å². The largest absolute Gasteiger partial charge is 0.353 e. The SMILES string of the molecule is CCNCCNC(=O)Cn1cnc2ccccc2c1=O. The molecule has 6 nitrogen and oxygen atoms in total. The highest BCUT2D eigenvalue weighted by Crippen LogP contribution is 2.04. The van der Waals surface area contributed by atoms with Crippen LogP contribution in [-0.4, -0.2) is 35.1 Å². The highest BCUT2D eigenvalue weighted by Gasteiger charge is 2.07. The van der Waals surface area contributed by atoms with Crippen LogP contribution in [0.4, 0.5) is 0 Å². The maximum Gasteiger partial charge on any atom is 0.261 e. The van der Waals surface area contributed by atoms with Gasteiger partial charge in [-0.05, 0) is 18.7 Å². The first-order valence-electron chi connectivity index (χ1n) is 6.64. The van der Waals surface area contributed by atoms with Gasteiger partial charge >= 0.3 is 0 Å². The Kier molecular flexibility index (Phi) is 4.84. The lowest BCUT2D eigenvalue weighted by Crippen LogP contribution is -2.36. The Morgan fingerprint density at radius 3 is 2.90 bits per heavy atom. The number of carbonyl (C=O) groups is 1. The number of benzene rings is 1. The summed E-state index contributed by atoms with van der Waals surface area (Å²) in [6.45, 7) is 4.12. The number of rotatable bonds is 6. The Balaban J connectivity index is 2.04. The van der Waals surface area contributed by atoms with E-state index in [1.54, 1.807) is 18.2 Å². The Bertz CT molecular complexity index is 651. The zero-order chi connectivity index (χ0) is 14.4. The minimum Gasteiger partial charge on any atom is -0.353 e. The van der Waals surface area contributed by atoms with Gasteiger partial charge in [-0.2, -0.15) is 0 Å². The van der Waals surface area contributed by atoms with Crippen molar-refractivity contribution in [3.8, 4) is 0 Å². The molecule has 1 aromatic carbocycles. The van der Waals surface area contributed by atoms with Crippen molar-refractivity contribution in [1.82, 2.24) is 20.2 Å². The predicted octanol–water partition coefficient (Wildman–Crippen LogP) is 0.122. The summed E-state index contributed by atoms with van der Waals surface area (Å²) in [5.74, 6) is -0.193. The molecule has 0 aliphatic heterocycles. The number of para-hydroxylation sites is 1. The molecule has 2 rings (SSSR count). The van der Waals surface area contributed by atoms with Gasteiger partial charge in [0.15, 0.2) is 0 Å². The third kappa shape index (κ3) is 3.42. The second-order valence-corrected chi connectivity index (χ2v) is 4.40. The monoisotopic (exact) mass is 274 g/mol. The fourth-order valence-corrected chi connectivity index (χ4v) is 1.90. The number of aromatic nitrogens is 2. The number of fused-ring (bicyclic) bond motifs is 1. The third-order valence-electron chi connectivity index (χ3n) is 2.92. The zero-order valence-electron chi connectivity index (χ0n) is 11.4. The van der Waals surface area contributed by atoms with Crippen molar-refractivity contribution < 1.29 is 4.79 Å². The topological polar surface area (TPSA) is 76.0 Å². The molecule has 0 atom stereocenters. The van der Waals surface area contributed by atoms with Crippen molar-refractivity contribution in [3.05, 3.63) is 40.9 Å². The van der Waals surface area contributed by atoms with Gasteiger partial charge in [-0.15, -0.1) is 0 Å². The van der Waals surface area contributed by atoms with E-state index in [4.69, 9.17) is 0 Å². The first-order valence-corrected chi connectivity index (χ1v) is 6.64. The van der Waals surface area contributed by atoms with Crippen LogP contribution in [0.25, 0.3) is 10.9 Å². The van der Waals surface area contributed by atoms with Crippen LogP contribution in [0.15, 0.2) is 35.4 Å². The lowest BCUT2D eigenvalue weighted by Gasteiger charge is -2.08. The molecule has 1 aromatic heterocycles. The Morgan fingerprint density at radius 1 is 1.30 bits per heavy atom. The number of likely N-dealkylation sites (N-methyl/N-ethyl adjacent to an activating group) is 1. The van der Waals surface area contributed by atoms with Crippen molar-refractivity contribution in [1.29, 1.82) is 0 Å². The van der Waals surface area contributed by atoms with Crippen molar-refractivity contribution in [3.63, 3.8) is 0 Å². The van der Waals surface area contributed by atoms with Gasteiger partial charge in [0.25, 0.3) is 5.56 Å². The molecule has 0 unspecified atom stereocenters. The Hall–Kier alpha value is -2.21. The van der Waals surface area contributed by atoms with Crippen LogP contribution in [0.1, 0.15) is 6.92 Å². The fourth-order valence-electron chi connectivity index (χ4n) is 1.90. The molecule has 0 fully saturated rings. The summed E-state index contributed by atoms with van der Waals surface area (Å²) >= 11 is 0. The van der Waals surface area contributed by atoms with Gasteiger partial charge in [-0.25, -0.2) is 4.98 Å². The zero-order valence-corrected chi connectivity index (χ0v) is 11.4. The number of nitrogens with zero attached hydrogens (tertiary/aromatic N) is 2. The van der Waals surface area contributed by atoms with E-state index in [-0.39, 0.29) is 18.0 Å². The lowest BCUT2D eigenvalue weighted by atomic mass is 10.2. The highest BCUT2D eigenvalue weighted by molar-refractivity contribution is 5.78. The quantitative estimate of drug-likeness (QED) is 0.734. The van der Waals surface area contributed by atoms with Crippen LogP contribution >= 0.6 is 0 Å². The van der Waals surface area contributed by atoms with E-state index in [0.29, 0.717) is 24.0 Å². The molecule has 6 heteroatoms. The summed E-state index contributed by atoms with van der Waals surface area (Å²) in [6.07, 6.45) is 1.41. The van der Waals surface area contributed by atoms with Crippen molar-refractivity contribution in [2.75, 3.05) is 19.6 Å². The van der Waals surface area contributed by atoms with Gasteiger partial charge in [0.2, 0.25) is 5.91 Å². The van der Waals surface area contributed by atoms with E-state index < -0.39 is 0 Å². The maximum atomic E-state index is 12.2. The van der Waals surface area contributed by atoms with E-state index in [0.717, 1.165) is 6.54 Å². The van der Waals surface area contributed by atoms with Gasteiger partial charge < -0.3 is 10.6 Å². The molecule has 20 heavy (non-hydrogen) atoms. The summed E-state index contributed by atoms with van der Waals surface area (Å²) < 4.78 is 1.32. The van der Waals surface area contributed by atoms with Gasteiger partial charge in [0, 0.05) is 13.1 Å². The van der Waals surface area contributed by atoms with Crippen LogP contribution in [0.2, 0.25) is 0 Å². The Labute approximate surface area is 116 Å². The molecule has 0 radical (unpaired) electrons. The molecule has 0 aliphatic rings. The molecule has 0 spiro atoms. The van der Waals surface area contributed by atoms with Gasteiger partial charge in [0.05, 0.1) is 17.2 Å². The van der Waals surface area contributed by atoms with E-state index in [1.807, 2.05) is 13.0 Å². The molecule has 2 aromatic rings. The van der Waals surface area contributed by atoms with Crippen molar-refractivity contribution in [2.24, 2.45) is 0 Å². The van der Waals surface area contributed by atoms with Crippen LogP contribution in [0.5, 0.6) is 0 Å². The standard InChI is InChI=1S/C14H18N4O2/c1-2-15-7-8-16-13(19)9-18-10-17-12-6-4-3-5-11(12)14(18)20/h3-6,10,15H,2,7-9H2,1H3,(H,16,19). The molecule has 106 valence electrons. The van der Waals surface area contributed by atoms with E-state index in [1.165, 1.54) is 10.9 Å². The van der Waals surface area contributed by atoms with Crippen molar-refractivity contribution in [2.45, 2.75) is 13.5 Å². The Morgan fingerprint density at radius 2 is 2.10 bits per heavy atom. The molecular formula is C14H18N4O2. The average Bonchev–Trinajstić information content (AvgIpc) is 2.47. The number of nitrogens with one attached hydrogen (secondary N) is 2. The maximum absolute atomic E-state index is 12.2. The number of carbonyl (C=O) groups excluding carboxylic acids is 1. The molecule has 0 saturated heterocycles. The average molecular weight is 274 g/mol. The predicted molar refractivity (Wildman–Crippen MR) is 77.6 cm³/mol. The summed E-state index contributed by atoms with van der Waals surface area (Å²) in [6, 6.07) is 7.10. The number of hydrogen-bond acceptors (Lipinski definition) is 4. The lowest BCUT2D eigenvalue weighted by molar-refractivity contribution is -0.121. The third-order valence-corrected chi connectivity index (χ3v) is 2.92. The first kappa shape index (κ1) is 14.2. The highest BCUT2D eigenvalue weighted by atomic mass is 16.2. The smallest absolute Gasteiger partial charge is 0.261 e. The number of amides is 1. The summed E-state index contributed by atoms with van der Waals surface area (Å²) in [5.41, 5.74) is 0.443. The van der Waals surface area contributed by atoms with Crippen LogP contribution < -0.4 is 16.2 Å². The van der Waals surface area contributed by atoms with E-state index in [2.05, 4.69) is 15.6 Å². The summed E-state index contributed by atoms with van der Waals surface area (Å²) in [7, 11) is 0. The molecule has 1 heterocycles. The van der Waals surface area contributed by atoms with Crippen molar-refractivity contribution >= 4 is 16.8 Å². The summed E-state index contributed by atoms with van der Waals surface area (Å²) in [5, 5.41) is 6.38. The normalized spacial score (nSPS) is 10.7. The minimum absolute atomic E-state index is 0.0111. The second-order valence-electron chi connectivity index (χ2n) is 4.40. The molecule has 1 amide bonds. The van der Waals surface area contributed by atoms with E-state index >= 15 is 0 Å².